The minimum absolute atomic E-state index is 0.0258. The van der Waals surface area contributed by atoms with E-state index in [9.17, 15) is 4.79 Å². The fourth-order valence-electron chi connectivity index (χ4n) is 1.82. The van der Waals surface area contributed by atoms with Gasteiger partial charge >= 0.3 is 0 Å². The van der Waals surface area contributed by atoms with Crippen molar-refractivity contribution in [2.24, 2.45) is 0 Å². The van der Waals surface area contributed by atoms with Gasteiger partial charge in [0.15, 0.2) is 5.82 Å². The molecule has 4 nitrogen and oxygen atoms in total. The number of nitrogens with zero attached hydrogens (tertiary/aromatic N) is 3. The van der Waals surface area contributed by atoms with Crippen LogP contribution in [0, 0.1) is 0 Å². The Labute approximate surface area is 103 Å². The number of aromatic nitrogens is 2. The molecule has 88 valence electrons. The average Bonchev–Trinajstić information content (AvgIpc) is 3.11. The molecule has 0 unspecified atom stereocenters. The molecule has 0 amide bonds. The molecule has 1 saturated carbocycles. The zero-order chi connectivity index (χ0) is 11.5. The third-order valence-corrected chi connectivity index (χ3v) is 3.18. The lowest BCUT2D eigenvalue weighted by Gasteiger charge is -2.22. The van der Waals surface area contributed by atoms with Crippen LogP contribution in [0.1, 0.15) is 19.8 Å². The van der Waals surface area contributed by atoms with Crippen molar-refractivity contribution in [3.63, 3.8) is 0 Å². The first-order valence-electron chi connectivity index (χ1n) is 5.66. The quantitative estimate of drug-likeness (QED) is 0.772. The lowest BCUT2D eigenvalue weighted by atomic mass is 10.4. The van der Waals surface area contributed by atoms with Gasteiger partial charge in [0.25, 0.3) is 5.56 Å². The molecule has 0 bridgehead atoms. The van der Waals surface area contributed by atoms with E-state index in [0.29, 0.717) is 18.4 Å². The van der Waals surface area contributed by atoms with Crippen molar-refractivity contribution in [2.75, 3.05) is 16.8 Å². The molecule has 16 heavy (non-hydrogen) atoms. The van der Waals surface area contributed by atoms with Gasteiger partial charge in [0.2, 0.25) is 0 Å². The van der Waals surface area contributed by atoms with Gasteiger partial charge in [-0.1, -0.05) is 15.9 Å². The zero-order valence-electron chi connectivity index (χ0n) is 9.40. The van der Waals surface area contributed by atoms with Gasteiger partial charge in [0, 0.05) is 36.9 Å². The number of hydrogen-bond acceptors (Lipinski definition) is 3. The topological polar surface area (TPSA) is 38.1 Å². The smallest absolute Gasteiger partial charge is 0.293 e. The molecule has 5 heteroatoms. The molecule has 0 aliphatic heterocycles. The molecular weight excluding hydrogens is 270 g/mol. The summed E-state index contributed by atoms with van der Waals surface area (Å²) in [5.74, 6) is 0.603. The lowest BCUT2D eigenvalue weighted by Crippen LogP contribution is -2.36. The monoisotopic (exact) mass is 285 g/mol. The van der Waals surface area contributed by atoms with Crippen molar-refractivity contribution < 1.29 is 0 Å². The maximum atomic E-state index is 12.1. The van der Waals surface area contributed by atoms with Crippen LogP contribution < -0.4 is 10.5 Å². The van der Waals surface area contributed by atoms with Crippen molar-refractivity contribution in [3.05, 3.63) is 22.7 Å². The summed E-state index contributed by atoms with van der Waals surface area (Å²) in [6, 6.07) is 0.519. The minimum atomic E-state index is 0.0258. The molecule has 2 rings (SSSR count). The zero-order valence-corrected chi connectivity index (χ0v) is 11.0. The van der Waals surface area contributed by atoms with Crippen LogP contribution >= 0.6 is 15.9 Å². The molecule has 1 heterocycles. The molecular formula is C11H16BrN3O. The van der Waals surface area contributed by atoms with Crippen molar-refractivity contribution in [2.45, 2.75) is 32.4 Å². The van der Waals surface area contributed by atoms with Gasteiger partial charge < -0.3 is 9.47 Å². The summed E-state index contributed by atoms with van der Waals surface area (Å²) in [5, 5.41) is 0.867. The van der Waals surface area contributed by atoms with Crippen molar-refractivity contribution in [1.82, 2.24) is 9.55 Å². The van der Waals surface area contributed by atoms with Crippen LogP contribution in [-0.4, -0.2) is 27.5 Å². The Morgan fingerprint density at radius 2 is 2.38 bits per heavy atom. The summed E-state index contributed by atoms with van der Waals surface area (Å²) in [4.78, 5) is 18.5. The second-order valence-electron chi connectivity index (χ2n) is 3.96. The lowest BCUT2D eigenvalue weighted by molar-refractivity contribution is 0.699. The normalized spacial score (nSPS) is 15.1. The van der Waals surface area contributed by atoms with E-state index in [1.54, 1.807) is 17.0 Å². The molecule has 1 aliphatic rings. The van der Waals surface area contributed by atoms with Crippen molar-refractivity contribution in [1.29, 1.82) is 0 Å². The number of anilines is 1. The molecule has 1 aromatic heterocycles. The SMILES string of the molecule is CCn1ccnc(N(CCBr)C2CC2)c1=O. The van der Waals surface area contributed by atoms with Crippen LogP contribution in [0.2, 0.25) is 0 Å². The third-order valence-electron chi connectivity index (χ3n) is 2.82. The number of alkyl halides is 1. The Morgan fingerprint density at radius 1 is 1.62 bits per heavy atom. The molecule has 0 N–H and O–H groups in total. The molecule has 0 radical (unpaired) electrons. The van der Waals surface area contributed by atoms with Gasteiger partial charge in [-0.3, -0.25) is 4.79 Å². The Kier molecular flexibility index (Phi) is 3.63. The first-order valence-corrected chi connectivity index (χ1v) is 6.78. The number of halogens is 1. The summed E-state index contributed by atoms with van der Waals surface area (Å²) in [6.45, 7) is 3.51. The molecule has 0 aromatic carbocycles. The van der Waals surface area contributed by atoms with Gasteiger partial charge in [-0.05, 0) is 19.8 Å². The second kappa shape index (κ2) is 4.99. The Hall–Kier alpha value is -0.840. The van der Waals surface area contributed by atoms with Gasteiger partial charge in [0.05, 0.1) is 0 Å². The largest absolute Gasteiger partial charge is 0.348 e. The summed E-state index contributed by atoms with van der Waals surface area (Å²) in [6.07, 6.45) is 5.80. The summed E-state index contributed by atoms with van der Waals surface area (Å²) >= 11 is 3.43. The first kappa shape index (κ1) is 11.6. The highest BCUT2D eigenvalue weighted by Crippen LogP contribution is 2.28. The van der Waals surface area contributed by atoms with Crippen LogP contribution in [0.15, 0.2) is 17.2 Å². The van der Waals surface area contributed by atoms with E-state index < -0.39 is 0 Å². The molecule has 1 fully saturated rings. The predicted molar refractivity (Wildman–Crippen MR) is 68.3 cm³/mol. The molecule has 1 aromatic rings. The Balaban J connectivity index is 2.33. The average molecular weight is 286 g/mol. The van der Waals surface area contributed by atoms with Crippen LogP contribution in [0.25, 0.3) is 0 Å². The minimum Gasteiger partial charge on any atom is -0.348 e. The third kappa shape index (κ3) is 2.29. The fourth-order valence-corrected chi connectivity index (χ4v) is 2.20. The van der Waals surface area contributed by atoms with Crippen LogP contribution in [0.5, 0.6) is 0 Å². The summed E-state index contributed by atoms with van der Waals surface area (Å²) in [7, 11) is 0. The highest BCUT2D eigenvalue weighted by Gasteiger charge is 2.31. The number of aryl methyl sites for hydroxylation is 1. The van der Waals surface area contributed by atoms with Crippen LogP contribution in [0.3, 0.4) is 0 Å². The Bertz CT molecular complexity index is 414. The standard InChI is InChI=1S/C11H16BrN3O/c1-2-14-8-6-13-10(11(14)16)15(7-5-12)9-3-4-9/h6,8-9H,2-5,7H2,1H3. The second-order valence-corrected chi connectivity index (χ2v) is 4.75. The van der Waals surface area contributed by atoms with E-state index in [1.807, 2.05) is 6.92 Å². The van der Waals surface area contributed by atoms with Gasteiger partial charge in [-0.25, -0.2) is 4.98 Å². The summed E-state index contributed by atoms with van der Waals surface area (Å²) in [5.41, 5.74) is 0.0258. The van der Waals surface area contributed by atoms with E-state index in [4.69, 9.17) is 0 Å². The highest BCUT2D eigenvalue weighted by atomic mass is 79.9. The molecule has 0 spiro atoms. The summed E-state index contributed by atoms with van der Waals surface area (Å²) < 4.78 is 1.70. The van der Waals surface area contributed by atoms with E-state index >= 15 is 0 Å². The predicted octanol–water partition coefficient (Wildman–Crippen LogP) is 1.63. The van der Waals surface area contributed by atoms with Crippen molar-refractivity contribution >= 4 is 21.7 Å². The van der Waals surface area contributed by atoms with Gasteiger partial charge in [-0.2, -0.15) is 0 Å². The first-order chi connectivity index (χ1) is 7.77. The maximum Gasteiger partial charge on any atom is 0.293 e. The van der Waals surface area contributed by atoms with E-state index in [0.717, 1.165) is 11.9 Å². The van der Waals surface area contributed by atoms with E-state index in [2.05, 4.69) is 25.8 Å². The van der Waals surface area contributed by atoms with Gasteiger partial charge in [0.1, 0.15) is 0 Å². The van der Waals surface area contributed by atoms with Crippen LogP contribution in [-0.2, 0) is 6.54 Å². The maximum absolute atomic E-state index is 12.1. The van der Waals surface area contributed by atoms with E-state index in [-0.39, 0.29) is 5.56 Å². The Morgan fingerprint density at radius 3 is 2.94 bits per heavy atom. The molecule has 1 aliphatic carbocycles. The number of rotatable bonds is 5. The number of hydrogen-bond donors (Lipinski definition) is 0. The fraction of sp³-hybridized carbons (Fsp3) is 0.636. The highest BCUT2D eigenvalue weighted by molar-refractivity contribution is 9.09. The molecule has 0 atom stereocenters. The molecule has 0 saturated heterocycles. The van der Waals surface area contributed by atoms with Gasteiger partial charge in [-0.15, -0.1) is 0 Å². The van der Waals surface area contributed by atoms with Crippen molar-refractivity contribution in [3.8, 4) is 0 Å². The van der Waals surface area contributed by atoms with E-state index in [1.165, 1.54) is 12.8 Å². The van der Waals surface area contributed by atoms with Crippen LogP contribution in [0.4, 0.5) is 5.82 Å².